The van der Waals surface area contributed by atoms with Crippen molar-refractivity contribution in [2.24, 2.45) is 0 Å². The predicted octanol–water partition coefficient (Wildman–Crippen LogP) is 19.5. The average Bonchev–Trinajstić information content (AvgIpc) is 3.45. The molecule has 0 saturated carbocycles. The highest BCUT2D eigenvalue weighted by atomic mass is 15.2. The van der Waals surface area contributed by atoms with Crippen molar-refractivity contribution in [2.45, 2.75) is 13.8 Å². The summed E-state index contributed by atoms with van der Waals surface area (Å²) in [6.45, 7) is 4.25. The Bertz CT molecular complexity index is 3490. The molecule has 0 aliphatic heterocycles. The summed E-state index contributed by atoms with van der Waals surface area (Å²) in [7, 11) is 0. The maximum absolute atomic E-state index is 2.34. The minimum atomic E-state index is 1.07. The molecule has 0 amide bonds. The lowest BCUT2D eigenvalue weighted by Crippen LogP contribution is -2.12. The lowest BCUT2D eigenvalue weighted by Gasteiger charge is -2.28. The Morgan fingerprint density at radius 3 is 0.722 bits per heavy atom. The Labute approximate surface area is 424 Å². The Balaban J connectivity index is 0.882. The average molecular weight is 927 g/mol. The summed E-state index contributed by atoms with van der Waals surface area (Å²) in [6.07, 6.45) is 0. The van der Waals surface area contributed by atoms with Gasteiger partial charge in [-0.05, 0) is 188 Å². The van der Waals surface area contributed by atoms with E-state index in [0.717, 1.165) is 90.5 Å². The van der Waals surface area contributed by atoms with E-state index in [1.807, 2.05) is 0 Å². The zero-order valence-corrected chi connectivity index (χ0v) is 40.5. The summed E-state index contributed by atoms with van der Waals surface area (Å²) in [5, 5.41) is 0. The van der Waals surface area contributed by atoms with Crippen LogP contribution in [0.3, 0.4) is 0 Å². The number of hydrogen-bond donors (Lipinski definition) is 0. The van der Waals surface area contributed by atoms with Gasteiger partial charge in [0.15, 0.2) is 0 Å². The smallest absolute Gasteiger partial charge is 0.0467 e. The third-order valence-corrected chi connectivity index (χ3v) is 13.1. The lowest BCUT2D eigenvalue weighted by atomic mass is 9.98. The molecule has 0 radical (unpaired) electrons. The van der Waals surface area contributed by atoms with Gasteiger partial charge < -0.3 is 19.6 Å². The molecule has 0 fully saturated rings. The van der Waals surface area contributed by atoms with Gasteiger partial charge in [-0.15, -0.1) is 0 Å². The van der Waals surface area contributed by atoms with E-state index in [1.165, 1.54) is 11.1 Å². The highest BCUT2D eigenvalue weighted by Gasteiger charge is 2.19. The molecule has 11 aromatic carbocycles. The topological polar surface area (TPSA) is 13.0 Å². The Morgan fingerprint density at radius 2 is 0.389 bits per heavy atom. The van der Waals surface area contributed by atoms with Crippen LogP contribution in [0.15, 0.2) is 291 Å². The number of benzene rings is 11. The molecule has 0 spiro atoms. The molecule has 72 heavy (non-hydrogen) atoms. The van der Waals surface area contributed by atoms with Crippen LogP contribution in [-0.4, -0.2) is 0 Å². The summed E-state index contributed by atoms with van der Waals surface area (Å²) in [4.78, 5) is 9.27. The van der Waals surface area contributed by atoms with E-state index in [0.29, 0.717) is 0 Å². The third kappa shape index (κ3) is 9.76. The second-order valence-corrected chi connectivity index (χ2v) is 18.1. The molecule has 346 valence electrons. The third-order valence-electron chi connectivity index (χ3n) is 13.1. The fourth-order valence-electron chi connectivity index (χ4n) is 9.49. The van der Waals surface area contributed by atoms with Crippen molar-refractivity contribution in [3.8, 4) is 22.3 Å². The number of nitrogens with zero attached hydrogens (tertiary/aromatic N) is 4. The zero-order chi connectivity index (χ0) is 48.6. The van der Waals surface area contributed by atoms with Gasteiger partial charge in [-0.25, -0.2) is 0 Å². The molecule has 0 unspecified atom stereocenters. The van der Waals surface area contributed by atoms with E-state index in [9.17, 15) is 0 Å². The normalized spacial score (nSPS) is 10.9. The lowest BCUT2D eigenvalue weighted by molar-refractivity contribution is 1.25. The van der Waals surface area contributed by atoms with E-state index in [1.54, 1.807) is 0 Å². The van der Waals surface area contributed by atoms with Crippen LogP contribution >= 0.6 is 0 Å². The van der Waals surface area contributed by atoms with Crippen LogP contribution in [0.5, 0.6) is 0 Å². The van der Waals surface area contributed by atoms with Crippen molar-refractivity contribution in [1.82, 2.24) is 0 Å². The fraction of sp³-hybridized carbons (Fsp3) is 0.0294. The van der Waals surface area contributed by atoms with Gasteiger partial charge in [-0.1, -0.05) is 151 Å². The first kappa shape index (κ1) is 45.1. The van der Waals surface area contributed by atoms with Gasteiger partial charge in [0.05, 0.1) is 0 Å². The van der Waals surface area contributed by atoms with Gasteiger partial charge in [0, 0.05) is 68.2 Å². The van der Waals surface area contributed by atoms with Crippen LogP contribution in [0.4, 0.5) is 68.2 Å². The predicted molar refractivity (Wildman–Crippen MR) is 306 cm³/mol. The highest BCUT2D eigenvalue weighted by Crippen LogP contribution is 2.42. The second kappa shape index (κ2) is 20.7. The van der Waals surface area contributed by atoms with Gasteiger partial charge in [-0.3, -0.25) is 0 Å². The first-order chi connectivity index (χ1) is 35.5. The maximum Gasteiger partial charge on any atom is 0.0467 e. The summed E-state index contributed by atoms with van der Waals surface area (Å²) < 4.78 is 0. The maximum atomic E-state index is 2.34. The van der Waals surface area contributed by atoms with Crippen molar-refractivity contribution in [3.63, 3.8) is 0 Å². The molecular formula is C68H54N4. The van der Waals surface area contributed by atoms with E-state index in [2.05, 4.69) is 325 Å². The van der Waals surface area contributed by atoms with Crippen molar-refractivity contribution in [2.75, 3.05) is 19.6 Å². The van der Waals surface area contributed by atoms with Crippen molar-refractivity contribution >= 4 is 68.2 Å². The molecule has 0 heterocycles. The summed E-state index contributed by atoms with van der Waals surface area (Å²) in [5.74, 6) is 0. The molecule has 0 N–H and O–H groups in total. The Hall–Kier alpha value is -9.38. The molecule has 4 nitrogen and oxygen atoms in total. The van der Waals surface area contributed by atoms with Crippen LogP contribution in [0.2, 0.25) is 0 Å². The largest absolute Gasteiger partial charge is 0.311 e. The van der Waals surface area contributed by atoms with Crippen molar-refractivity contribution < 1.29 is 0 Å². The van der Waals surface area contributed by atoms with Crippen LogP contribution < -0.4 is 19.6 Å². The first-order valence-electron chi connectivity index (χ1n) is 24.6. The molecule has 0 atom stereocenters. The van der Waals surface area contributed by atoms with Gasteiger partial charge in [0.25, 0.3) is 0 Å². The van der Waals surface area contributed by atoms with Crippen LogP contribution in [0.1, 0.15) is 11.1 Å². The van der Waals surface area contributed by atoms with Crippen molar-refractivity contribution in [1.29, 1.82) is 0 Å². The SMILES string of the molecule is Cc1ccc(N(c2ccccc2)c2ccc(N(c3ccccc3)c3ccc(-c4cccc(-c5cccc(N(c6ccccc6)c6ccc(N(c7ccccc7)c7ccc(C)cc7)cc6)c5)c4)cc3)cc2)cc1. The minimum absolute atomic E-state index is 1.07. The van der Waals surface area contributed by atoms with Crippen LogP contribution in [0.25, 0.3) is 22.3 Å². The number of aryl methyl sites for hydroxylation is 2. The minimum Gasteiger partial charge on any atom is -0.311 e. The number of rotatable bonds is 14. The van der Waals surface area contributed by atoms with E-state index in [4.69, 9.17) is 0 Å². The molecule has 0 aliphatic carbocycles. The summed E-state index contributed by atoms with van der Waals surface area (Å²) in [5.41, 5.74) is 20.2. The Morgan fingerprint density at radius 1 is 0.167 bits per heavy atom. The van der Waals surface area contributed by atoms with E-state index >= 15 is 0 Å². The monoisotopic (exact) mass is 926 g/mol. The van der Waals surface area contributed by atoms with Crippen molar-refractivity contribution in [3.05, 3.63) is 302 Å². The van der Waals surface area contributed by atoms with E-state index < -0.39 is 0 Å². The molecule has 4 heteroatoms. The standard InChI is InChI=1S/C68H54N4/c1-51-29-35-61(36-30-51)69(57-20-7-3-8-21-57)64-41-43-66(44-42-64)71(59-24-11-5-12-25-59)63-39-33-53(34-40-63)54-17-15-18-55(49-54)56-19-16-28-68(50-56)72(60-26-13-6-14-27-60)67-47-45-65(46-48-67)70(58-22-9-4-10-23-58)62-37-31-52(2)32-38-62/h3-50H,1-2H3. The van der Waals surface area contributed by atoms with Gasteiger partial charge in [0.1, 0.15) is 0 Å². The fourth-order valence-corrected chi connectivity index (χ4v) is 9.49. The van der Waals surface area contributed by atoms with Crippen LogP contribution in [0, 0.1) is 13.8 Å². The number of hydrogen-bond acceptors (Lipinski definition) is 4. The number of para-hydroxylation sites is 4. The van der Waals surface area contributed by atoms with E-state index in [-0.39, 0.29) is 0 Å². The summed E-state index contributed by atoms with van der Waals surface area (Å²) >= 11 is 0. The second-order valence-electron chi connectivity index (χ2n) is 18.1. The van der Waals surface area contributed by atoms with Gasteiger partial charge in [-0.2, -0.15) is 0 Å². The quantitative estimate of drug-likeness (QED) is 0.108. The Kier molecular flexibility index (Phi) is 13.0. The molecule has 11 rings (SSSR count). The van der Waals surface area contributed by atoms with Crippen LogP contribution in [-0.2, 0) is 0 Å². The first-order valence-corrected chi connectivity index (χ1v) is 24.6. The molecule has 0 aliphatic rings. The molecule has 11 aromatic rings. The molecule has 0 aromatic heterocycles. The van der Waals surface area contributed by atoms with Gasteiger partial charge >= 0.3 is 0 Å². The molecular weight excluding hydrogens is 873 g/mol. The summed E-state index contributed by atoms with van der Waals surface area (Å²) in [6, 6.07) is 104. The van der Waals surface area contributed by atoms with Gasteiger partial charge in [0.2, 0.25) is 0 Å². The molecule has 0 saturated heterocycles. The highest BCUT2D eigenvalue weighted by molar-refractivity contribution is 5.85. The molecule has 0 bridgehead atoms. The number of anilines is 12. The zero-order valence-electron chi connectivity index (χ0n) is 40.5.